The Morgan fingerprint density at radius 1 is 1.24 bits per heavy atom. The first-order valence-corrected chi connectivity index (χ1v) is 15.7. The third kappa shape index (κ3) is 5.43. The molecule has 0 saturated carbocycles. The summed E-state index contributed by atoms with van der Waals surface area (Å²) in [7, 11) is 0. The monoisotopic (exact) mass is 684 g/mol. The minimum Gasteiger partial charge on any atom is -0.492 e. The number of aliphatic hydroxyl groups excluding tert-OH is 1. The van der Waals surface area contributed by atoms with Gasteiger partial charge in [0.25, 0.3) is 5.91 Å². The van der Waals surface area contributed by atoms with Gasteiger partial charge in [0, 0.05) is 55.2 Å². The summed E-state index contributed by atoms with van der Waals surface area (Å²) in [5, 5.41) is 16.5. The second kappa shape index (κ2) is 11.5. The molecule has 3 saturated heterocycles. The van der Waals surface area contributed by atoms with Gasteiger partial charge < -0.3 is 24.8 Å². The van der Waals surface area contributed by atoms with E-state index < -0.39 is 0 Å². The number of allylic oxidation sites excluding steroid dienone is 2. The lowest BCUT2D eigenvalue weighted by atomic mass is 9.89. The zero-order chi connectivity index (χ0) is 28.8. The van der Waals surface area contributed by atoms with Gasteiger partial charge in [-0.3, -0.25) is 10.1 Å². The number of benzene rings is 1. The van der Waals surface area contributed by atoms with Crippen LogP contribution in [0.1, 0.15) is 48.0 Å². The largest absolute Gasteiger partial charge is 0.492 e. The number of carbonyl (C=O) groups is 1. The van der Waals surface area contributed by atoms with Crippen LogP contribution in [-0.4, -0.2) is 76.0 Å². The summed E-state index contributed by atoms with van der Waals surface area (Å²) in [6, 6.07) is 9.63. The minimum absolute atomic E-state index is 0.0470. The number of carbonyl (C=O) groups excluding carboxylic acids is 1. The number of hydrogen-bond donors (Lipinski definition) is 3. The number of halogens is 2. The molecule has 5 atom stereocenters. The molecule has 3 N–H and O–H groups in total. The smallest absolute Gasteiger partial charge is 0.253 e. The van der Waals surface area contributed by atoms with E-state index in [1.165, 1.54) is 0 Å². The van der Waals surface area contributed by atoms with E-state index in [-0.39, 0.29) is 46.0 Å². The van der Waals surface area contributed by atoms with Crippen molar-refractivity contribution in [2.75, 3.05) is 39.5 Å². The number of aromatic nitrogens is 1. The Labute approximate surface area is 258 Å². The highest BCUT2D eigenvalue weighted by Crippen LogP contribution is 2.41. The van der Waals surface area contributed by atoms with Gasteiger partial charge in [0.05, 0.1) is 35.1 Å². The van der Waals surface area contributed by atoms with Crippen LogP contribution < -0.4 is 10.6 Å². The fraction of sp³-hybridized carbons (Fsp3) is 0.438. The average molecular weight is 685 g/mol. The highest BCUT2D eigenvalue weighted by atomic mass is 127. The van der Waals surface area contributed by atoms with Crippen LogP contribution in [0.5, 0.6) is 0 Å². The molecule has 220 valence electrons. The van der Waals surface area contributed by atoms with Crippen molar-refractivity contribution in [2.24, 2.45) is 0 Å². The van der Waals surface area contributed by atoms with Gasteiger partial charge >= 0.3 is 0 Å². The lowest BCUT2D eigenvalue weighted by Crippen LogP contribution is -2.47. The second-order valence-electron chi connectivity index (χ2n) is 11.7. The van der Waals surface area contributed by atoms with E-state index in [9.17, 15) is 9.90 Å². The maximum absolute atomic E-state index is 15.4. The predicted octanol–water partition coefficient (Wildman–Crippen LogP) is 3.98. The number of morpholine rings is 1. The third-order valence-electron chi connectivity index (χ3n) is 8.92. The lowest BCUT2D eigenvalue weighted by Gasteiger charge is -2.37. The van der Waals surface area contributed by atoms with Crippen molar-refractivity contribution in [3.8, 4) is 11.3 Å². The van der Waals surface area contributed by atoms with Crippen molar-refractivity contribution in [3.05, 3.63) is 82.5 Å². The van der Waals surface area contributed by atoms with E-state index in [1.54, 1.807) is 6.07 Å². The molecule has 1 amide bonds. The number of pyridine rings is 1. The normalized spacial score (nSPS) is 30.1. The summed E-state index contributed by atoms with van der Waals surface area (Å²) in [4.78, 5) is 19.5. The molecule has 1 aromatic carbocycles. The van der Waals surface area contributed by atoms with Gasteiger partial charge in [-0.1, -0.05) is 65.1 Å². The van der Waals surface area contributed by atoms with Gasteiger partial charge in [-0.2, -0.15) is 0 Å². The molecule has 6 aliphatic rings. The molecule has 42 heavy (non-hydrogen) atoms. The van der Waals surface area contributed by atoms with Gasteiger partial charge in [0.1, 0.15) is 23.4 Å². The summed E-state index contributed by atoms with van der Waals surface area (Å²) in [5.74, 6) is 0.697. The van der Waals surface area contributed by atoms with E-state index in [0.717, 1.165) is 46.6 Å². The molecule has 0 spiro atoms. The Morgan fingerprint density at radius 3 is 2.71 bits per heavy atom. The Balaban J connectivity index is 1.07. The topological polar surface area (TPSA) is 96.0 Å². The molecule has 8 rings (SSSR count). The summed E-state index contributed by atoms with van der Waals surface area (Å²) in [5.41, 5.74) is 4.47. The molecular weight excluding hydrogens is 650 g/mol. The van der Waals surface area contributed by atoms with Crippen molar-refractivity contribution in [3.63, 3.8) is 0 Å². The van der Waals surface area contributed by atoms with E-state index in [1.807, 2.05) is 47.4 Å². The molecule has 2 aliphatic carbocycles. The van der Waals surface area contributed by atoms with Gasteiger partial charge in [-0.05, 0) is 30.0 Å². The van der Waals surface area contributed by atoms with Gasteiger partial charge in [0.2, 0.25) is 0 Å². The number of aliphatic hydroxyl groups is 1. The molecule has 5 heterocycles. The minimum atomic E-state index is -0.367. The summed E-state index contributed by atoms with van der Waals surface area (Å²) >= 11 is 2.25. The first-order valence-electron chi connectivity index (χ1n) is 14.6. The number of amides is 1. The van der Waals surface area contributed by atoms with Crippen LogP contribution in [0.25, 0.3) is 17.3 Å². The predicted molar refractivity (Wildman–Crippen MR) is 165 cm³/mol. The third-order valence-corrected chi connectivity index (χ3v) is 10.1. The molecule has 2 bridgehead atoms. The number of ether oxygens (including phenoxy) is 2. The number of nitrogens with zero attached hydrogens (tertiary/aromatic N) is 2. The highest BCUT2D eigenvalue weighted by Gasteiger charge is 2.42. The maximum Gasteiger partial charge on any atom is 0.253 e. The standard InChI is InChI=1S/C32H34FIN4O4/c33-25-13-24-26-14-28(36-26)29(42-23-16-32(34,18-39)35-17-23)15-27(24)37-30(25)21-5-1-19(2-6-21)20-3-7-22(8-4-20)31(40)38-9-11-41-12-10-38/h1-3,5-8,13,15,20,23,26,28,35-36,39H,4,9-12,14,16-18H2/t20?,23-,26?,28?,32-/m0/s1. The van der Waals surface area contributed by atoms with E-state index in [0.29, 0.717) is 45.0 Å². The van der Waals surface area contributed by atoms with Gasteiger partial charge in [-0.25, -0.2) is 9.37 Å². The van der Waals surface area contributed by atoms with Crippen LogP contribution in [0.2, 0.25) is 0 Å². The van der Waals surface area contributed by atoms with Crippen LogP contribution in [0.4, 0.5) is 4.39 Å². The van der Waals surface area contributed by atoms with E-state index in [4.69, 9.17) is 14.5 Å². The molecule has 1 aromatic heterocycles. The summed E-state index contributed by atoms with van der Waals surface area (Å²) < 4.78 is 26.8. The molecule has 3 fully saturated rings. The fourth-order valence-electron chi connectivity index (χ4n) is 6.40. The van der Waals surface area contributed by atoms with Crippen molar-refractivity contribution >= 4 is 34.6 Å². The first kappa shape index (κ1) is 28.1. The molecule has 8 nitrogen and oxygen atoms in total. The van der Waals surface area contributed by atoms with Crippen LogP contribution in [-0.2, 0) is 14.3 Å². The van der Waals surface area contributed by atoms with Crippen molar-refractivity contribution in [1.29, 1.82) is 0 Å². The van der Waals surface area contributed by atoms with Crippen LogP contribution >= 0.6 is 22.6 Å². The van der Waals surface area contributed by atoms with Crippen LogP contribution in [0, 0.1) is 5.82 Å². The van der Waals surface area contributed by atoms with Crippen molar-refractivity contribution in [2.45, 2.75) is 46.9 Å². The summed E-state index contributed by atoms with van der Waals surface area (Å²) in [6.45, 7) is 3.14. The number of alkyl halides is 1. The summed E-state index contributed by atoms with van der Waals surface area (Å²) in [6.07, 6.45) is 10.2. The molecule has 4 aliphatic heterocycles. The first-order chi connectivity index (χ1) is 20.4. The average Bonchev–Trinajstić information content (AvgIpc) is 3.23. The Bertz CT molecular complexity index is 1470. The van der Waals surface area contributed by atoms with E-state index >= 15 is 4.39 Å². The number of rotatable bonds is 6. The Kier molecular flexibility index (Phi) is 7.68. The van der Waals surface area contributed by atoms with Crippen LogP contribution in [0.3, 0.4) is 0 Å². The fourth-order valence-corrected chi connectivity index (χ4v) is 7.11. The molecular formula is C32H34FIN4O4. The van der Waals surface area contributed by atoms with Crippen molar-refractivity contribution in [1.82, 2.24) is 20.5 Å². The lowest BCUT2D eigenvalue weighted by molar-refractivity contribution is -0.130. The Morgan fingerprint density at radius 2 is 2.02 bits per heavy atom. The second-order valence-corrected chi connectivity index (χ2v) is 13.7. The van der Waals surface area contributed by atoms with Crippen LogP contribution in [0.15, 0.2) is 59.9 Å². The van der Waals surface area contributed by atoms with E-state index in [2.05, 4.69) is 39.3 Å². The van der Waals surface area contributed by atoms with Gasteiger partial charge in [-0.15, -0.1) is 0 Å². The molecule has 2 aromatic rings. The molecule has 0 radical (unpaired) electrons. The molecule has 3 unspecified atom stereocenters. The zero-order valence-corrected chi connectivity index (χ0v) is 25.3. The molecule has 10 heteroatoms. The number of hydrogen-bond acceptors (Lipinski definition) is 7. The maximum atomic E-state index is 15.4. The van der Waals surface area contributed by atoms with Gasteiger partial charge in [0.15, 0.2) is 0 Å². The zero-order valence-electron chi connectivity index (χ0n) is 23.2. The quantitative estimate of drug-likeness (QED) is 0.241. The van der Waals surface area contributed by atoms with Crippen molar-refractivity contribution < 1.29 is 23.8 Å². The Hall–Kier alpha value is -2.64. The SMILES string of the molecule is O=C(C1=CCC(c2ccc(-c3nc4c(cc3F)C3CC(N3)C(O[C@@H]3CN[C@](I)(CO)C3)=C4)cc2)C=C1)N1CCOCC1. The number of nitrogens with one attached hydrogen (secondary N) is 2. The highest BCUT2D eigenvalue weighted by molar-refractivity contribution is 14.1.